The quantitative estimate of drug-likeness (QED) is 0.192. The van der Waals surface area contributed by atoms with Crippen molar-refractivity contribution < 1.29 is 22.4 Å². The standard InChI is InChI=1S/C26H25F3N4O2S/c27-26(28,29)20-10-6-11-21(18-20)33-24(22-12-7-16-35-22)31-32-25(33)36-17-5-4-13-23(34)30-15-14-19-8-2-1-3-9-19/h1-3,6-12,16,18H,4-5,13-15,17H2,(H,30,34). The number of carbonyl (C=O) groups excluding carboxylic acids is 1. The number of alkyl halides is 3. The fraction of sp³-hybridized carbons (Fsp3) is 0.269. The molecule has 2 aromatic heterocycles. The van der Waals surface area contributed by atoms with Gasteiger partial charge in [-0.1, -0.05) is 48.2 Å². The number of benzene rings is 2. The first-order chi connectivity index (χ1) is 17.4. The van der Waals surface area contributed by atoms with Crippen LogP contribution in [0.15, 0.2) is 82.6 Å². The number of hydrogen-bond acceptors (Lipinski definition) is 5. The van der Waals surface area contributed by atoms with Crippen LogP contribution in [0.25, 0.3) is 17.3 Å². The maximum atomic E-state index is 13.3. The highest BCUT2D eigenvalue weighted by atomic mass is 32.2. The van der Waals surface area contributed by atoms with Gasteiger partial charge in [-0.15, -0.1) is 10.2 Å². The normalized spacial score (nSPS) is 11.5. The van der Waals surface area contributed by atoms with Gasteiger partial charge in [-0.2, -0.15) is 13.2 Å². The fourth-order valence-corrected chi connectivity index (χ4v) is 4.56. The van der Waals surface area contributed by atoms with Crippen molar-refractivity contribution in [3.05, 3.63) is 84.1 Å². The predicted molar refractivity (Wildman–Crippen MR) is 132 cm³/mol. The molecule has 0 unspecified atom stereocenters. The second kappa shape index (κ2) is 11.9. The van der Waals surface area contributed by atoms with Crippen LogP contribution in [0.4, 0.5) is 13.2 Å². The number of furan rings is 1. The summed E-state index contributed by atoms with van der Waals surface area (Å²) in [5, 5.41) is 11.7. The number of halogens is 3. The van der Waals surface area contributed by atoms with Gasteiger partial charge in [0.1, 0.15) is 0 Å². The van der Waals surface area contributed by atoms with E-state index in [9.17, 15) is 18.0 Å². The smallest absolute Gasteiger partial charge is 0.416 e. The summed E-state index contributed by atoms with van der Waals surface area (Å²) in [5.74, 6) is 1.36. The highest BCUT2D eigenvalue weighted by molar-refractivity contribution is 7.99. The number of nitrogens with one attached hydrogen (secondary N) is 1. The van der Waals surface area contributed by atoms with Gasteiger partial charge in [0.2, 0.25) is 11.7 Å². The molecule has 0 fully saturated rings. The number of unbranched alkanes of at least 4 members (excludes halogenated alkanes) is 1. The lowest BCUT2D eigenvalue weighted by Gasteiger charge is -2.12. The third kappa shape index (κ3) is 6.78. The molecule has 2 heterocycles. The van der Waals surface area contributed by atoms with Gasteiger partial charge in [-0.25, -0.2) is 0 Å². The molecule has 2 aromatic carbocycles. The van der Waals surface area contributed by atoms with Gasteiger partial charge < -0.3 is 9.73 Å². The Morgan fingerprint density at radius 2 is 1.83 bits per heavy atom. The molecule has 10 heteroatoms. The Bertz CT molecular complexity index is 1260. The molecule has 0 atom stereocenters. The zero-order chi connectivity index (χ0) is 25.4. The highest BCUT2D eigenvalue weighted by Gasteiger charge is 2.31. The van der Waals surface area contributed by atoms with E-state index in [0.29, 0.717) is 47.6 Å². The molecular formula is C26H25F3N4O2S. The van der Waals surface area contributed by atoms with E-state index in [-0.39, 0.29) is 5.91 Å². The van der Waals surface area contributed by atoms with Crippen LogP contribution in [-0.4, -0.2) is 33.0 Å². The maximum Gasteiger partial charge on any atom is 0.416 e. The van der Waals surface area contributed by atoms with Crippen LogP contribution in [0.2, 0.25) is 0 Å². The first kappa shape index (κ1) is 25.6. The van der Waals surface area contributed by atoms with E-state index in [2.05, 4.69) is 15.5 Å². The number of hydrogen-bond donors (Lipinski definition) is 1. The second-order valence-electron chi connectivity index (χ2n) is 8.06. The average molecular weight is 515 g/mol. The van der Waals surface area contributed by atoms with Crippen LogP contribution in [0.5, 0.6) is 0 Å². The minimum absolute atomic E-state index is 0.00293. The highest BCUT2D eigenvalue weighted by Crippen LogP contribution is 2.33. The molecule has 0 saturated heterocycles. The minimum atomic E-state index is -4.47. The molecule has 36 heavy (non-hydrogen) atoms. The summed E-state index contributed by atoms with van der Waals surface area (Å²) in [5.41, 5.74) is 0.711. The lowest BCUT2D eigenvalue weighted by Crippen LogP contribution is -2.25. The summed E-state index contributed by atoms with van der Waals surface area (Å²) in [6.07, 6.45) is -0.379. The molecule has 1 N–H and O–H groups in total. The van der Waals surface area contributed by atoms with Crippen LogP contribution < -0.4 is 5.32 Å². The van der Waals surface area contributed by atoms with Crippen LogP contribution in [-0.2, 0) is 17.4 Å². The first-order valence-corrected chi connectivity index (χ1v) is 12.5. The van der Waals surface area contributed by atoms with E-state index in [4.69, 9.17) is 4.42 Å². The topological polar surface area (TPSA) is 73.0 Å². The van der Waals surface area contributed by atoms with Crippen molar-refractivity contribution in [3.8, 4) is 17.3 Å². The molecule has 188 valence electrons. The molecule has 0 radical (unpaired) electrons. The molecule has 0 aliphatic rings. The Morgan fingerprint density at radius 1 is 1.00 bits per heavy atom. The number of amides is 1. The van der Waals surface area contributed by atoms with E-state index in [1.54, 1.807) is 22.8 Å². The average Bonchev–Trinajstić information content (AvgIpc) is 3.54. The lowest BCUT2D eigenvalue weighted by molar-refractivity contribution is -0.137. The Kier molecular flexibility index (Phi) is 8.48. The lowest BCUT2D eigenvalue weighted by atomic mass is 10.1. The maximum absolute atomic E-state index is 13.3. The van der Waals surface area contributed by atoms with Crippen molar-refractivity contribution in [2.45, 2.75) is 37.0 Å². The molecule has 1 amide bonds. The van der Waals surface area contributed by atoms with Gasteiger partial charge in [-0.3, -0.25) is 9.36 Å². The van der Waals surface area contributed by atoms with E-state index < -0.39 is 11.7 Å². The summed E-state index contributed by atoms with van der Waals surface area (Å²) < 4.78 is 46.9. The van der Waals surface area contributed by atoms with Crippen LogP contribution >= 0.6 is 11.8 Å². The van der Waals surface area contributed by atoms with E-state index >= 15 is 0 Å². The van der Waals surface area contributed by atoms with Gasteiger partial charge >= 0.3 is 6.18 Å². The summed E-state index contributed by atoms with van der Waals surface area (Å²) >= 11 is 1.37. The molecule has 4 aromatic rings. The molecule has 0 aliphatic carbocycles. The Morgan fingerprint density at radius 3 is 2.58 bits per heavy atom. The summed E-state index contributed by atoms with van der Waals surface area (Å²) in [6.45, 7) is 0.591. The molecular weight excluding hydrogens is 489 g/mol. The van der Waals surface area contributed by atoms with Crippen molar-refractivity contribution in [2.75, 3.05) is 12.3 Å². The van der Waals surface area contributed by atoms with Crippen molar-refractivity contribution in [1.82, 2.24) is 20.1 Å². The SMILES string of the molecule is O=C(CCCCSc1nnc(-c2ccco2)n1-c1cccc(C(F)(F)F)c1)NCCc1ccccc1. The predicted octanol–water partition coefficient (Wildman–Crippen LogP) is 6.17. The Balaban J connectivity index is 1.34. The number of carbonyl (C=O) groups is 1. The van der Waals surface area contributed by atoms with Crippen LogP contribution in [0.3, 0.4) is 0 Å². The Hall–Kier alpha value is -3.53. The number of nitrogens with zero attached hydrogens (tertiary/aromatic N) is 3. The van der Waals surface area contributed by atoms with Crippen molar-refractivity contribution in [3.63, 3.8) is 0 Å². The minimum Gasteiger partial charge on any atom is -0.461 e. The third-order valence-electron chi connectivity index (χ3n) is 5.41. The number of thioether (sulfide) groups is 1. The first-order valence-electron chi connectivity index (χ1n) is 11.5. The van der Waals surface area contributed by atoms with Gasteiger partial charge in [-0.05, 0) is 55.2 Å². The molecule has 4 rings (SSSR count). The van der Waals surface area contributed by atoms with Gasteiger partial charge in [0, 0.05) is 18.7 Å². The molecule has 0 spiro atoms. The van der Waals surface area contributed by atoms with E-state index in [1.807, 2.05) is 30.3 Å². The Labute approximate surface area is 210 Å². The van der Waals surface area contributed by atoms with E-state index in [1.165, 1.54) is 29.7 Å². The number of rotatable bonds is 11. The van der Waals surface area contributed by atoms with Crippen molar-refractivity contribution in [1.29, 1.82) is 0 Å². The van der Waals surface area contributed by atoms with Gasteiger partial charge in [0.25, 0.3) is 0 Å². The second-order valence-corrected chi connectivity index (χ2v) is 9.12. The molecule has 0 saturated carbocycles. The monoisotopic (exact) mass is 514 g/mol. The summed E-state index contributed by atoms with van der Waals surface area (Å²) in [4.78, 5) is 12.1. The molecule has 0 bridgehead atoms. The molecule has 6 nitrogen and oxygen atoms in total. The zero-order valence-corrected chi connectivity index (χ0v) is 20.2. The molecule has 0 aliphatic heterocycles. The van der Waals surface area contributed by atoms with Crippen molar-refractivity contribution >= 4 is 17.7 Å². The van der Waals surface area contributed by atoms with Crippen molar-refractivity contribution in [2.24, 2.45) is 0 Å². The largest absolute Gasteiger partial charge is 0.461 e. The summed E-state index contributed by atoms with van der Waals surface area (Å²) in [7, 11) is 0. The van der Waals surface area contributed by atoms with Gasteiger partial charge in [0.15, 0.2) is 10.9 Å². The van der Waals surface area contributed by atoms with Crippen LogP contribution in [0, 0.1) is 0 Å². The zero-order valence-electron chi connectivity index (χ0n) is 19.4. The summed E-state index contributed by atoms with van der Waals surface area (Å²) in [6, 6.07) is 18.3. The van der Waals surface area contributed by atoms with E-state index in [0.717, 1.165) is 25.0 Å². The fourth-order valence-electron chi connectivity index (χ4n) is 3.61. The number of aromatic nitrogens is 3. The third-order valence-corrected chi connectivity index (χ3v) is 6.43. The van der Waals surface area contributed by atoms with Crippen LogP contribution in [0.1, 0.15) is 30.4 Å². The van der Waals surface area contributed by atoms with Gasteiger partial charge in [0.05, 0.1) is 17.5 Å².